The summed E-state index contributed by atoms with van der Waals surface area (Å²) in [4.78, 5) is 53.8. The molecule has 0 aromatic heterocycles. The minimum absolute atomic E-state index is 0.0954. The Hall–Kier alpha value is -2.96. The Morgan fingerprint density at radius 3 is 2.43 bits per heavy atom. The molecule has 2 aliphatic carbocycles. The minimum atomic E-state index is -2.17. The number of hydrogen-bond acceptors (Lipinski definition) is 5. The fraction of sp³-hybridized carbons (Fsp3) is 0.741. The van der Waals surface area contributed by atoms with Crippen LogP contribution in [0.2, 0.25) is 0 Å². The van der Waals surface area contributed by atoms with Crippen molar-refractivity contribution >= 4 is 23.6 Å². The number of fused-ring (bicyclic) bond motifs is 5. The van der Waals surface area contributed by atoms with Gasteiger partial charge < -0.3 is 20.9 Å². The Balaban J connectivity index is 1.58. The van der Waals surface area contributed by atoms with Gasteiger partial charge in [0.25, 0.3) is 5.91 Å². The molecular formula is C27H38FN5O4. The molecular weight excluding hydrogens is 477 g/mol. The van der Waals surface area contributed by atoms with Gasteiger partial charge in [-0.25, -0.2) is 4.39 Å². The van der Waals surface area contributed by atoms with Crippen LogP contribution in [0.3, 0.4) is 0 Å². The molecule has 37 heavy (non-hydrogen) atoms. The van der Waals surface area contributed by atoms with Gasteiger partial charge in [-0.1, -0.05) is 32.9 Å². The summed E-state index contributed by atoms with van der Waals surface area (Å²) < 4.78 is 14.4. The van der Waals surface area contributed by atoms with Gasteiger partial charge in [0.05, 0.1) is 6.07 Å². The molecule has 8 atom stereocenters. The first-order valence-electron chi connectivity index (χ1n) is 13.2. The van der Waals surface area contributed by atoms with Gasteiger partial charge in [0, 0.05) is 19.0 Å². The topological polar surface area (TPSA) is 131 Å². The highest BCUT2D eigenvalue weighted by Gasteiger charge is 2.59. The zero-order chi connectivity index (χ0) is 27.3. The first-order valence-corrected chi connectivity index (χ1v) is 13.2. The van der Waals surface area contributed by atoms with Crippen molar-refractivity contribution in [3.8, 4) is 6.07 Å². The molecule has 4 amide bonds. The predicted octanol–water partition coefficient (Wildman–Crippen LogP) is 1.45. The third kappa shape index (κ3) is 5.23. The van der Waals surface area contributed by atoms with Crippen LogP contribution in [0, 0.1) is 46.3 Å². The molecule has 1 saturated carbocycles. The zero-order valence-corrected chi connectivity index (χ0v) is 22.2. The SMILES string of the molecule is CC(C)(F)C(=O)NC(C(=O)N1CC2C3C=CC(C3)C2C1C(=O)NC(C#N)CC1CCNC1=O)C(C)(C)C. The number of amides is 4. The highest BCUT2D eigenvalue weighted by molar-refractivity contribution is 5.95. The molecule has 2 bridgehead atoms. The molecule has 202 valence electrons. The van der Waals surface area contributed by atoms with Gasteiger partial charge in [-0.2, -0.15) is 5.26 Å². The highest BCUT2D eigenvalue weighted by atomic mass is 19.1. The molecule has 8 unspecified atom stereocenters. The van der Waals surface area contributed by atoms with Crippen molar-refractivity contribution in [2.45, 2.75) is 77.7 Å². The summed E-state index contributed by atoms with van der Waals surface area (Å²) >= 11 is 0. The van der Waals surface area contributed by atoms with E-state index >= 15 is 0 Å². The Kier molecular flexibility index (Phi) is 7.12. The minimum Gasteiger partial charge on any atom is -0.356 e. The number of rotatable bonds is 7. The number of hydrogen-bond donors (Lipinski definition) is 3. The Labute approximate surface area is 217 Å². The molecule has 0 spiro atoms. The van der Waals surface area contributed by atoms with Crippen LogP contribution in [0.1, 0.15) is 53.9 Å². The van der Waals surface area contributed by atoms with E-state index in [4.69, 9.17) is 0 Å². The molecule has 0 aromatic rings. The second-order valence-corrected chi connectivity index (χ2v) is 12.6. The third-order valence-corrected chi connectivity index (χ3v) is 8.43. The molecule has 10 heteroatoms. The summed E-state index contributed by atoms with van der Waals surface area (Å²) in [5.41, 5.74) is -2.91. The maximum atomic E-state index is 14.4. The Bertz CT molecular complexity index is 1040. The monoisotopic (exact) mass is 515 g/mol. The van der Waals surface area contributed by atoms with Crippen molar-refractivity contribution in [2.24, 2.45) is 35.0 Å². The summed E-state index contributed by atoms with van der Waals surface area (Å²) in [6, 6.07) is -0.613. The van der Waals surface area contributed by atoms with Crippen LogP contribution < -0.4 is 16.0 Å². The molecule has 3 N–H and O–H groups in total. The van der Waals surface area contributed by atoms with Crippen LogP contribution in [0.25, 0.3) is 0 Å². The van der Waals surface area contributed by atoms with Crippen molar-refractivity contribution in [1.29, 1.82) is 5.26 Å². The summed E-state index contributed by atoms with van der Waals surface area (Å²) in [5.74, 6) is -1.77. The molecule has 2 aliphatic heterocycles. The van der Waals surface area contributed by atoms with Gasteiger partial charge in [-0.15, -0.1) is 0 Å². The van der Waals surface area contributed by atoms with Crippen LogP contribution in [0.15, 0.2) is 12.2 Å². The highest BCUT2D eigenvalue weighted by Crippen LogP contribution is 2.54. The predicted molar refractivity (Wildman–Crippen MR) is 133 cm³/mol. The number of carbonyl (C=O) groups is 4. The van der Waals surface area contributed by atoms with Crippen LogP contribution in [0.5, 0.6) is 0 Å². The van der Waals surface area contributed by atoms with Gasteiger partial charge in [-0.05, 0) is 62.2 Å². The van der Waals surface area contributed by atoms with Gasteiger partial charge >= 0.3 is 0 Å². The van der Waals surface area contributed by atoms with E-state index in [1.807, 2.05) is 0 Å². The average Bonchev–Trinajstić information content (AvgIpc) is 3.57. The summed E-state index contributed by atoms with van der Waals surface area (Å²) in [6.07, 6.45) is 6.01. The Morgan fingerprint density at radius 2 is 1.86 bits per heavy atom. The van der Waals surface area contributed by atoms with Gasteiger partial charge in [0.2, 0.25) is 17.7 Å². The fourth-order valence-electron chi connectivity index (χ4n) is 6.45. The maximum Gasteiger partial charge on any atom is 0.257 e. The second-order valence-electron chi connectivity index (χ2n) is 12.6. The zero-order valence-electron chi connectivity index (χ0n) is 22.2. The van der Waals surface area contributed by atoms with Crippen molar-refractivity contribution < 1.29 is 23.6 Å². The molecule has 0 radical (unpaired) electrons. The van der Waals surface area contributed by atoms with E-state index in [2.05, 4.69) is 34.2 Å². The molecule has 3 fully saturated rings. The normalized spacial score (nSPS) is 31.9. The van der Waals surface area contributed by atoms with Crippen LogP contribution in [-0.2, 0) is 19.2 Å². The summed E-state index contributed by atoms with van der Waals surface area (Å²) in [6.45, 7) is 8.55. The van der Waals surface area contributed by atoms with Crippen molar-refractivity contribution in [1.82, 2.24) is 20.9 Å². The van der Waals surface area contributed by atoms with Crippen molar-refractivity contribution in [3.63, 3.8) is 0 Å². The lowest BCUT2D eigenvalue weighted by atomic mass is 9.81. The molecule has 0 aromatic carbocycles. The van der Waals surface area contributed by atoms with E-state index in [0.29, 0.717) is 19.5 Å². The number of halogens is 1. The third-order valence-electron chi connectivity index (χ3n) is 8.43. The number of alkyl halides is 1. The van der Waals surface area contributed by atoms with E-state index in [1.54, 1.807) is 20.8 Å². The molecule has 2 saturated heterocycles. The van der Waals surface area contributed by atoms with E-state index in [1.165, 1.54) is 4.90 Å². The van der Waals surface area contributed by atoms with Gasteiger partial charge in [0.1, 0.15) is 18.1 Å². The van der Waals surface area contributed by atoms with E-state index in [9.17, 15) is 28.8 Å². The Morgan fingerprint density at radius 1 is 1.19 bits per heavy atom. The van der Waals surface area contributed by atoms with Gasteiger partial charge in [-0.3, -0.25) is 19.2 Å². The maximum absolute atomic E-state index is 14.4. The summed E-state index contributed by atoms with van der Waals surface area (Å²) in [7, 11) is 0. The molecule has 9 nitrogen and oxygen atoms in total. The van der Waals surface area contributed by atoms with Crippen LogP contribution in [-0.4, -0.2) is 65.4 Å². The first kappa shape index (κ1) is 27.1. The second kappa shape index (κ2) is 9.73. The van der Waals surface area contributed by atoms with Gasteiger partial charge in [0.15, 0.2) is 5.67 Å². The average molecular weight is 516 g/mol. The standard InChI is InChI=1S/C27H38FN5O4/c1-26(2,3)21(32-25(37)27(4,5)28)24(36)33-13-18-14-6-7-15(10-14)19(18)20(33)23(35)31-17(12-29)11-16-8-9-30-22(16)34/h6-7,14-21H,8-11,13H2,1-5H3,(H,30,34)(H,31,35)(H,32,37). The molecule has 4 aliphatic rings. The van der Waals surface area contributed by atoms with Crippen LogP contribution in [0.4, 0.5) is 4.39 Å². The lowest BCUT2D eigenvalue weighted by Gasteiger charge is -2.37. The molecule has 2 heterocycles. The number of likely N-dealkylation sites (tertiary alicyclic amines) is 1. The van der Waals surface area contributed by atoms with E-state index < -0.39 is 46.9 Å². The van der Waals surface area contributed by atoms with E-state index in [0.717, 1.165) is 20.3 Å². The number of nitrogens with one attached hydrogen (secondary N) is 3. The first-order chi connectivity index (χ1) is 17.2. The lowest BCUT2D eigenvalue weighted by Crippen LogP contribution is -2.60. The quantitative estimate of drug-likeness (QED) is 0.442. The van der Waals surface area contributed by atoms with E-state index in [-0.39, 0.29) is 41.9 Å². The van der Waals surface area contributed by atoms with Crippen LogP contribution >= 0.6 is 0 Å². The number of carbonyl (C=O) groups excluding carboxylic acids is 4. The fourth-order valence-corrected chi connectivity index (χ4v) is 6.45. The number of nitrogens with zero attached hydrogens (tertiary/aromatic N) is 2. The largest absolute Gasteiger partial charge is 0.356 e. The number of nitriles is 1. The smallest absolute Gasteiger partial charge is 0.257 e. The van der Waals surface area contributed by atoms with Crippen molar-refractivity contribution in [3.05, 3.63) is 12.2 Å². The van der Waals surface area contributed by atoms with Crippen molar-refractivity contribution in [2.75, 3.05) is 13.1 Å². The lowest BCUT2D eigenvalue weighted by molar-refractivity contribution is -0.146. The molecule has 4 rings (SSSR count). The number of allylic oxidation sites excluding steroid dienone is 2. The summed E-state index contributed by atoms with van der Waals surface area (Å²) in [5, 5.41) is 17.9.